The van der Waals surface area contributed by atoms with Crippen LogP contribution in [0.4, 0.5) is 9.59 Å². The third-order valence-electron chi connectivity index (χ3n) is 6.39. The first-order chi connectivity index (χ1) is 18.8. The number of aromatic nitrogens is 4. The Labute approximate surface area is 232 Å². The molecule has 4 aromatic rings. The molecule has 0 bridgehead atoms. The molecule has 2 aromatic carbocycles. The van der Waals surface area contributed by atoms with Gasteiger partial charge in [-0.2, -0.15) is 4.98 Å². The highest BCUT2D eigenvalue weighted by Crippen LogP contribution is 2.36. The van der Waals surface area contributed by atoms with Gasteiger partial charge in [-0.05, 0) is 22.7 Å². The van der Waals surface area contributed by atoms with Crippen LogP contribution in [-0.4, -0.2) is 65.1 Å². The average Bonchev–Trinajstić information content (AvgIpc) is 3.47. The molecule has 1 aliphatic rings. The van der Waals surface area contributed by atoms with Gasteiger partial charge in [0.15, 0.2) is 10.8 Å². The summed E-state index contributed by atoms with van der Waals surface area (Å²) in [5, 5.41) is 21.5. The molecule has 2 heterocycles. The number of aliphatic hydroxyl groups is 2. The number of carbonyl (C=O) groups is 2. The van der Waals surface area contributed by atoms with Gasteiger partial charge in [-0.25, -0.2) is 24.5 Å². The maximum absolute atomic E-state index is 13.2. The van der Waals surface area contributed by atoms with E-state index in [9.17, 15) is 19.8 Å². The lowest BCUT2D eigenvalue weighted by molar-refractivity contribution is -0.0380. The number of benzene rings is 2. The number of rotatable bonds is 6. The van der Waals surface area contributed by atoms with Crippen LogP contribution in [0.3, 0.4) is 0 Å². The normalized spacial score (nSPS) is 20.6. The fraction of sp³-hybridized carbons (Fsp3) is 0.269. The summed E-state index contributed by atoms with van der Waals surface area (Å²) in [4.78, 5) is 39.2. The molecular weight excluding hydrogens is 549 g/mol. The van der Waals surface area contributed by atoms with E-state index in [1.165, 1.54) is 10.9 Å². The lowest BCUT2D eigenvalue weighted by atomic mass is 10.2. The molecule has 202 valence electrons. The predicted molar refractivity (Wildman–Crippen MR) is 140 cm³/mol. The summed E-state index contributed by atoms with van der Waals surface area (Å²) in [5.74, 6) is 0. The van der Waals surface area contributed by atoms with Crippen LogP contribution in [0.1, 0.15) is 23.6 Å². The summed E-state index contributed by atoms with van der Waals surface area (Å²) in [6, 6.07) is 17.1. The third-order valence-corrected chi connectivity index (χ3v) is 6.82. The van der Waals surface area contributed by atoms with Gasteiger partial charge in [0.2, 0.25) is 5.28 Å². The van der Waals surface area contributed by atoms with Gasteiger partial charge in [0.25, 0.3) is 0 Å². The van der Waals surface area contributed by atoms with Gasteiger partial charge in [0, 0.05) is 6.42 Å². The Morgan fingerprint density at radius 1 is 0.949 bits per heavy atom. The van der Waals surface area contributed by atoms with Crippen molar-refractivity contribution >= 4 is 46.6 Å². The fourth-order valence-electron chi connectivity index (χ4n) is 4.42. The Hall–Kier alpha value is -3.77. The molecule has 39 heavy (non-hydrogen) atoms. The maximum atomic E-state index is 13.2. The zero-order chi connectivity index (χ0) is 27.5. The van der Waals surface area contributed by atoms with Crippen molar-refractivity contribution < 1.29 is 29.3 Å². The molecule has 0 saturated heterocycles. The van der Waals surface area contributed by atoms with Crippen molar-refractivity contribution in [1.29, 1.82) is 0 Å². The van der Waals surface area contributed by atoms with Crippen LogP contribution in [0, 0.1) is 0 Å². The molecule has 1 saturated carbocycles. The van der Waals surface area contributed by atoms with Crippen LogP contribution in [0.25, 0.3) is 11.2 Å². The predicted octanol–water partition coefficient (Wildman–Crippen LogP) is 4.14. The van der Waals surface area contributed by atoms with Crippen LogP contribution in [0.2, 0.25) is 10.4 Å². The number of imidazole rings is 1. The van der Waals surface area contributed by atoms with Crippen LogP contribution in [-0.2, 0) is 22.6 Å². The van der Waals surface area contributed by atoms with Gasteiger partial charge in [0.1, 0.15) is 30.4 Å². The Morgan fingerprint density at radius 3 is 2.31 bits per heavy atom. The van der Waals surface area contributed by atoms with Crippen LogP contribution in [0.15, 0.2) is 67.0 Å². The SMILES string of the molecule is O=C(OCc1ccccc1)N(Cc1ccccc1)C(=O)O[C@H]1C[C@@H](n2cnc3c(Cl)nc(Cl)nc32)[C@H](O)[C@H]1O. The lowest BCUT2D eigenvalue weighted by Gasteiger charge is -2.23. The smallest absolute Gasteiger partial charge is 0.419 e. The Bertz CT molecular complexity index is 1470. The van der Waals surface area contributed by atoms with Gasteiger partial charge in [0.05, 0.1) is 18.9 Å². The van der Waals surface area contributed by atoms with E-state index in [1.807, 2.05) is 6.07 Å². The highest BCUT2D eigenvalue weighted by Gasteiger charge is 2.46. The van der Waals surface area contributed by atoms with E-state index in [0.717, 1.165) is 10.5 Å². The highest BCUT2D eigenvalue weighted by atomic mass is 35.5. The number of hydrogen-bond acceptors (Lipinski definition) is 9. The van der Waals surface area contributed by atoms with Gasteiger partial charge in [-0.3, -0.25) is 0 Å². The third kappa shape index (κ3) is 5.81. The van der Waals surface area contributed by atoms with Crippen molar-refractivity contribution in [1.82, 2.24) is 24.4 Å². The number of fused-ring (bicyclic) bond motifs is 1. The monoisotopic (exact) mass is 571 g/mol. The van der Waals surface area contributed by atoms with Crippen molar-refractivity contribution in [3.63, 3.8) is 0 Å². The molecule has 13 heteroatoms. The van der Waals surface area contributed by atoms with Crippen molar-refractivity contribution in [2.45, 2.75) is 43.9 Å². The molecule has 0 radical (unpaired) electrons. The second-order valence-electron chi connectivity index (χ2n) is 8.93. The van der Waals surface area contributed by atoms with E-state index < -0.39 is 36.5 Å². The largest absolute Gasteiger partial charge is 0.444 e. The number of amides is 2. The number of imide groups is 1. The molecule has 11 nitrogen and oxygen atoms in total. The number of ether oxygens (including phenoxy) is 2. The Balaban J connectivity index is 1.33. The standard InChI is InChI=1S/C26H23Cl2N5O6/c27-22-19-23(31-24(28)30-22)33(14-29-19)17-11-18(21(35)20(17)34)39-26(37)32(12-15-7-3-1-4-8-15)25(36)38-13-16-9-5-2-6-10-16/h1-10,14,17-18,20-21,34-35H,11-13H2/t17-,18+,20+,21+/m1/s1. The summed E-state index contributed by atoms with van der Waals surface area (Å²) in [7, 11) is 0. The van der Waals surface area contributed by atoms with Crippen molar-refractivity contribution in [2.75, 3.05) is 0 Å². The minimum Gasteiger partial charge on any atom is -0.444 e. The Morgan fingerprint density at radius 2 is 1.62 bits per heavy atom. The zero-order valence-electron chi connectivity index (χ0n) is 20.3. The molecule has 0 spiro atoms. The van der Waals surface area contributed by atoms with E-state index in [0.29, 0.717) is 5.56 Å². The number of nitrogens with zero attached hydrogens (tertiary/aromatic N) is 5. The molecular formula is C26H23Cl2N5O6. The maximum Gasteiger partial charge on any atom is 0.419 e. The molecule has 2 aromatic heterocycles. The average molecular weight is 572 g/mol. The van der Waals surface area contributed by atoms with E-state index in [-0.39, 0.29) is 41.2 Å². The van der Waals surface area contributed by atoms with E-state index >= 15 is 0 Å². The van der Waals surface area contributed by atoms with E-state index in [2.05, 4.69) is 15.0 Å². The van der Waals surface area contributed by atoms with Gasteiger partial charge >= 0.3 is 12.2 Å². The first-order valence-electron chi connectivity index (χ1n) is 12.0. The molecule has 1 aliphatic carbocycles. The van der Waals surface area contributed by atoms with Gasteiger partial charge in [-0.1, -0.05) is 72.3 Å². The van der Waals surface area contributed by atoms with Crippen LogP contribution in [0.5, 0.6) is 0 Å². The van der Waals surface area contributed by atoms with Crippen LogP contribution < -0.4 is 0 Å². The molecule has 2 N–H and O–H groups in total. The number of hydrogen-bond donors (Lipinski definition) is 2. The molecule has 1 fully saturated rings. The van der Waals surface area contributed by atoms with E-state index in [4.69, 9.17) is 32.7 Å². The first-order valence-corrected chi connectivity index (χ1v) is 12.7. The first kappa shape index (κ1) is 26.8. The molecule has 2 amide bonds. The number of carbonyl (C=O) groups excluding carboxylic acids is 2. The van der Waals surface area contributed by atoms with E-state index in [1.54, 1.807) is 54.6 Å². The minimum atomic E-state index is -1.46. The Kier molecular flexibility index (Phi) is 7.94. The summed E-state index contributed by atoms with van der Waals surface area (Å²) < 4.78 is 12.4. The highest BCUT2D eigenvalue weighted by molar-refractivity contribution is 6.35. The molecule has 5 rings (SSSR count). The molecule has 0 unspecified atom stereocenters. The summed E-state index contributed by atoms with van der Waals surface area (Å²) in [6.45, 7) is -0.173. The van der Waals surface area contributed by atoms with Gasteiger partial charge in [-0.15, -0.1) is 0 Å². The van der Waals surface area contributed by atoms with Crippen molar-refractivity contribution in [3.8, 4) is 0 Å². The second kappa shape index (κ2) is 11.5. The summed E-state index contributed by atoms with van der Waals surface area (Å²) >= 11 is 12.0. The second-order valence-corrected chi connectivity index (χ2v) is 9.62. The summed E-state index contributed by atoms with van der Waals surface area (Å²) in [6.07, 6.45) is -4.52. The number of halogens is 2. The van der Waals surface area contributed by atoms with Gasteiger partial charge < -0.3 is 24.3 Å². The topological polar surface area (TPSA) is 140 Å². The number of aliphatic hydroxyl groups excluding tert-OH is 2. The van der Waals surface area contributed by atoms with Crippen LogP contribution >= 0.6 is 23.2 Å². The molecule has 4 atom stereocenters. The fourth-order valence-corrected chi connectivity index (χ4v) is 4.84. The van der Waals surface area contributed by atoms with Crippen molar-refractivity contribution in [3.05, 3.63) is 88.6 Å². The lowest BCUT2D eigenvalue weighted by Crippen LogP contribution is -2.41. The van der Waals surface area contributed by atoms with Crippen molar-refractivity contribution in [2.24, 2.45) is 0 Å². The summed E-state index contributed by atoms with van der Waals surface area (Å²) in [5.41, 5.74) is 1.92. The quantitative estimate of drug-likeness (QED) is 0.258. The minimum absolute atomic E-state index is 0.00296. The molecule has 0 aliphatic heterocycles. The zero-order valence-corrected chi connectivity index (χ0v) is 21.8.